The number of primary sulfonamides is 1. The number of rotatable bonds is 5. The number of sulfonamides is 2. The lowest BCUT2D eigenvalue weighted by molar-refractivity contribution is -0.384. The van der Waals surface area contributed by atoms with Gasteiger partial charge in [-0.15, -0.1) is 0 Å². The van der Waals surface area contributed by atoms with E-state index in [2.05, 4.69) is 0 Å². The fraction of sp³-hybridized carbons (Fsp3) is 0.647. The molecule has 2 fully saturated rings. The number of anilines is 1. The Kier molecular flexibility index (Phi) is 6.46. The zero-order valence-electron chi connectivity index (χ0n) is 16.1. The minimum Gasteiger partial charge on any atom is -0.365 e. The third-order valence-electron chi connectivity index (χ3n) is 5.53. The largest absolute Gasteiger partial charge is 0.365 e. The highest BCUT2D eigenvalue weighted by Gasteiger charge is 2.33. The number of nitro benzene ring substituents is 1. The van der Waals surface area contributed by atoms with Gasteiger partial charge in [-0.2, -0.15) is 4.31 Å². The second kappa shape index (κ2) is 8.54. The van der Waals surface area contributed by atoms with Gasteiger partial charge in [0.05, 0.1) is 15.1 Å². The molecule has 0 aromatic heterocycles. The van der Waals surface area contributed by atoms with E-state index in [-0.39, 0.29) is 22.8 Å². The first-order chi connectivity index (χ1) is 13.6. The van der Waals surface area contributed by atoms with Crippen LogP contribution in [0.25, 0.3) is 0 Å². The van der Waals surface area contributed by atoms with E-state index in [1.807, 2.05) is 0 Å². The molecule has 162 valence electrons. The van der Waals surface area contributed by atoms with Crippen LogP contribution < -0.4 is 10.0 Å². The quantitative estimate of drug-likeness (QED) is 0.532. The molecule has 10 nitrogen and oxygen atoms in total. The number of hydrogen-bond acceptors (Lipinski definition) is 7. The van der Waals surface area contributed by atoms with Crippen molar-refractivity contribution in [2.24, 2.45) is 5.14 Å². The van der Waals surface area contributed by atoms with E-state index in [0.29, 0.717) is 32.5 Å². The minimum atomic E-state index is -3.83. The summed E-state index contributed by atoms with van der Waals surface area (Å²) in [5, 5.41) is 16.1. The first-order valence-electron chi connectivity index (χ1n) is 9.66. The van der Waals surface area contributed by atoms with E-state index in [4.69, 9.17) is 5.14 Å². The lowest BCUT2D eigenvalue weighted by Crippen LogP contribution is -2.44. The molecule has 0 radical (unpaired) electrons. The van der Waals surface area contributed by atoms with Gasteiger partial charge in [-0.1, -0.05) is 12.8 Å². The van der Waals surface area contributed by atoms with Gasteiger partial charge in [-0.3, -0.25) is 10.1 Å². The van der Waals surface area contributed by atoms with Crippen LogP contribution in [0.2, 0.25) is 0 Å². The molecule has 12 heteroatoms. The number of benzene rings is 1. The fourth-order valence-electron chi connectivity index (χ4n) is 3.93. The van der Waals surface area contributed by atoms with E-state index in [0.717, 1.165) is 31.7 Å². The molecule has 1 aromatic carbocycles. The monoisotopic (exact) mass is 446 g/mol. The number of hydrogen-bond donors (Lipinski definition) is 1. The normalized spacial score (nSPS) is 22.2. The van der Waals surface area contributed by atoms with E-state index >= 15 is 0 Å². The molecular formula is C17H26N4O6S2. The zero-order chi connectivity index (χ0) is 21.2. The topological polar surface area (TPSA) is 144 Å². The van der Waals surface area contributed by atoms with Gasteiger partial charge in [0, 0.05) is 32.2 Å². The van der Waals surface area contributed by atoms with Crippen LogP contribution in [0.15, 0.2) is 23.1 Å². The summed E-state index contributed by atoms with van der Waals surface area (Å²) in [5.41, 5.74) is -0.144. The lowest BCUT2D eigenvalue weighted by Gasteiger charge is -2.33. The van der Waals surface area contributed by atoms with Crippen molar-refractivity contribution < 1.29 is 21.8 Å². The summed E-state index contributed by atoms with van der Waals surface area (Å²) >= 11 is 0. The first kappa shape index (κ1) is 21.9. The molecule has 0 saturated carbocycles. The van der Waals surface area contributed by atoms with Gasteiger partial charge < -0.3 is 4.90 Å². The number of nitrogens with two attached hydrogens (primary N) is 1. The van der Waals surface area contributed by atoms with Crippen LogP contribution in [-0.2, 0) is 20.0 Å². The Morgan fingerprint density at radius 3 is 2.24 bits per heavy atom. The number of nitrogens with zero attached hydrogens (tertiary/aromatic N) is 3. The second-order valence-electron chi connectivity index (χ2n) is 7.53. The third kappa shape index (κ3) is 4.87. The van der Waals surface area contributed by atoms with Crippen molar-refractivity contribution in [3.8, 4) is 0 Å². The summed E-state index contributed by atoms with van der Waals surface area (Å²) in [5.74, 6) is 0. The van der Waals surface area contributed by atoms with E-state index in [9.17, 15) is 26.9 Å². The molecule has 2 heterocycles. The minimum absolute atomic E-state index is 0.0396. The second-order valence-corrected chi connectivity index (χ2v) is 11.3. The Balaban J connectivity index is 1.94. The van der Waals surface area contributed by atoms with Crippen LogP contribution in [0.1, 0.15) is 38.5 Å². The molecular weight excluding hydrogens is 420 g/mol. The van der Waals surface area contributed by atoms with Crippen LogP contribution in [0.5, 0.6) is 0 Å². The molecule has 29 heavy (non-hydrogen) atoms. The average Bonchev–Trinajstić information content (AvgIpc) is 2.97. The van der Waals surface area contributed by atoms with Crippen molar-refractivity contribution in [3.05, 3.63) is 28.3 Å². The predicted molar refractivity (Wildman–Crippen MR) is 109 cm³/mol. The molecule has 0 aliphatic carbocycles. The molecule has 2 saturated heterocycles. The van der Waals surface area contributed by atoms with Crippen LogP contribution in [-0.4, -0.2) is 57.5 Å². The fourth-order valence-corrected chi connectivity index (χ4v) is 6.35. The first-order valence-corrected chi connectivity index (χ1v) is 12.7. The van der Waals surface area contributed by atoms with Crippen LogP contribution in [0.4, 0.5) is 11.4 Å². The van der Waals surface area contributed by atoms with Crippen molar-refractivity contribution in [2.45, 2.75) is 48.7 Å². The lowest BCUT2D eigenvalue weighted by atomic mass is 10.1. The predicted octanol–water partition coefficient (Wildman–Crippen LogP) is 1.42. The molecule has 0 bridgehead atoms. The van der Waals surface area contributed by atoms with Crippen LogP contribution in [0, 0.1) is 10.1 Å². The van der Waals surface area contributed by atoms with Gasteiger partial charge in [0.25, 0.3) is 5.69 Å². The van der Waals surface area contributed by atoms with Crippen LogP contribution >= 0.6 is 0 Å². The summed E-state index contributed by atoms with van der Waals surface area (Å²) in [6.45, 7) is 1.28. The maximum atomic E-state index is 13.0. The van der Waals surface area contributed by atoms with Crippen molar-refractivity contribution in [2.75, 3.05) is 31.1 Å². The van der Waals surface area contributed by atoms with Crippen molar-refractivity contribution in [3.63, 3.8) is 0 Å². The van der Waals surface area contributed by atoms with Crippen molar-refractivity contribution in [1.82, 2.24) is 4.31 Å². The SMILES string of the molecule is NS(=O)(=O)[C@H]1CCCN(c2ccc(S(=O)(=O)N3CCCCCC3)cc2[N+](=O)[O-])C1. The summed E-state index contributed by atoms with van der Waals surface area (Å²) in [6, 6.07) is 3.84. The Bertz CT molecular complexity index is 972. The average molecular weight is 447 g/mol. The Morgan fingerprint density at radius 2 is 1.66 bits per heavy atom. The Hall–Kier alpha value is -1.76. The van der Waals surface area contributed by atoms with Gasteiger partial charge in [-0.05, 0) is 37.8 Å². The third-order valence-corrected chi connectivity index (χ3v) is 8.74. The van der Waals surface area contributed by atoms with Gasteiger partial charge in [-0.25, -0.2) is 22.0 Å². The highest BCUT2D eigenvalue weighted by atomic mass is 32.2. The van der Waals surface area contributed by atoms with Gasteiger partial charge in [0.15, 0.2) is 0 Å². The standard InChI is InChI=1S/C17H26N4O6S2/c18-28(24,25)15-6-5-9-19(13-15)16-8-7-14(12-17(16)21(22)23)29(26,27)20-10-3-1-2-4-11-20/h7-8,12,15H,1-6,9-11,13H2,(H2,18,24,25)/t15-/m0/s1. The van der Waals surface area contributed by atoms with E-state index in [1.165, 1.54) is 16.4 Å². The Labute approximate surface area is 170 Å². The number of nitro groups is 1. The highest BCUT2D eigenvalue weighted by molar-refractivity contribution is 7.89. The molecule has 2 aliphatic rings. The molecule has 3 rings (SSSR count). The van der Waals surface area contributed by atoms with Crippen molar-refractivity contribution >= 4 is 31.4 Å². The summed E-state index contributed by atoms with van der Waals surface area (Å²) < 4.78 is 50.8. The molecule has 1 atom stereocenters. The summed E-state index contributed by atoms with van der Waals surface area (Å²) in [7, 11) is -7.59. The molecule has 0 unspecified atom stereocenters. The van der Waals surface area contributed by atoms with E-state index < -0.39 is 30.2 Å². The van der Waals surface area contributed by atoms with Crippen molar-refractivity contribution in [1.29, 1.82) is 0 Å². The van der Waals surface area contributed by atoms with Gasteiger partial charge >= 0.3 is 0 Å². The number of piperidine rings is 1. The maximum absolute atomic E-state index is 13.0. The Morgan fingerprint density at radius 1 is 1.00 bits per heavy atom. The molecule has 0 spiro atoms. The summed E-state index contributed by atoms with van der Waals surface area (Å²) in [4.78, 5) is 12.5. The van der Waals surface area contributed by atoms with Gasteiger partial charge in [0.2, 0.25) is 20.0 Å². The van der Waals surface area contributed by atoms with E-state index in [1.54, 1.807) is 4.90 Å². The molecule has 2 N–H and O–H groups in total. The highest BCUT2D eigenvalue weighted by Crippen LogP contribution is 2.34. The smallest absolute Gasteiger partial charge is 0.293 e. The molecule has 1 aromatic rings. The van der Waals surface area contributed by atoms with Gasteiger partial charge in [0.1, 0.15) is 5.69 Å². The molecule has 0 amide bonds. The molecule has 2 aliphatic heterocycles. The zero-order valence-corrected chi connectivity index (χ0v) is 17.7. The summed E-state index contributed by atoms with van der Waals surface area (Å²) in [6.07, 6.45) is 4.37. The van der Waals surface area contributed by atoms with Crippen LogP contribution in [0.3, 0.4) is 0 Å². The maximum Gasteiger partial charge on any atom is 0.293 e.